The van der Waals surface area contributed by atoms with E-state index in [0.29, 0.717) is 0 Å². The molecule has 0 spiro atoms. The Hall–Kier alpha value is -2.03. The second-order valence-corrected chi connectivity index (χ2v) is 4.48. The molecule has 1 aliphatic heterocycles. The summed E-state index contributed by atoms with van der Waals surface area (Å²) in [5.74, 6) is 1.99. The lowest BCUT2D eigenvalue weighted by Crippen LogP contribution is -2.25. The Labute approximate surface area is 107 Å². The van der Waals surface area contributed by atoms with E-state index in [1.165, 1.54) is 0 Å². The number of anilines is 1. The first-order valence-corrected chi connectivity index (χ1v) is 6.29. The summed E-state index contributed by atoms with van der Waals surface area (Å²) < 4.78 is 5.96. The quantitative estimate of drug-likeness (QED) is 0.825. The van der Waals surface area contributed by atoms with E-state index in [1.54, 1.807) is 0 Å². The Balaban J connectivity index is 1.62. The first kappa shape index (κ1) is 11.1. The van der Waals surface area contributed by atoms with Crippen LogP contribution in [0.2, 0.25) is 0 Å². The van der Waals surface area contributed by atoms with Crippen LogP contribution >= 0.6 is 0 Å². The summed E-state index contributed by atoms with van der Waals surface area (Å²) >= 11 is 0. The summed E-state index contributed by atoms with van der Waals surface area (Å²) in [5, 5.41) is 0. The van der Waals surface area contributed by atoms with Crippen LogP contribution in [0.5, 0.6) is 5.75 Å². The minimum atomic E-state index is 0.259. The van der Waals surface area contributed by atoms with E-state index in [4.69, 9.17) is 4.74 Å². The van der Waals surface area contributed by atoms with Crippen molar-refractivity contribution in [3.05, 3.63) is 54.7 Å². The molecule has 1 aromatic carbocycles. The van der Waals surface area contributed by atoms with Gasteiger partial charge in [0.15, 0.2) is 0 Å². The Morgan fingerprint density at radius 2 is 1.89 bits per heavy atom. The van der Waals surface area contributed by atoms with E-state index in [9.17, 15) is 0 Å². The van der Waals surface area contributed by atoms with Gasteiger partial charge in [0.1, 0.15) is 17.7 Å². The molecule has 0 radical (unpaired) electrons. The molecule has 1 unspecified atom stereocenters. The van der Waals surface area contributed by atoms with Crippen molar-refractivity contribution in [3.8, 4) is 5.75 Å². The number of hydrogen-bond acceptors (Lipinski definition) is 3. The maximum Gasteiger partial charge on any atom is 0.128 e. The number of ether oxygens (including phenoxy) is 1. The van der Waals surface area contributed by atoms with E-state index in [2.05, 4.69) is 9.88 Å². The van der Waals surface area contributed by atoms with Gasteiger partial charge in [-0.15, -0.1) is 0 Å². The van der Waals surface area contributed by atoms with Crippen molar-refractivity contribution >= 4 is 5.82 Å². The SMILES string of the molecule is c1ccc(OC2CCN(c3ccccn3)C2)cc1. The highest BCUT2D eigenvalue weighted by Gasteiger charge is 2.24. The molecule has 3 nitrogen and oxygen atoms in total. The van der Waals surface area contributed by atoms with Gasteiger partial charge in [-0.3, -0.25) is 0 Å². The number of nitrogens with zero attached hydrogens (tertiary/aromatic N) is 2. The third-order valence-corrected chi connectivity index (χ3v) is 3.16. The molecule has 0 amide bonds. The monoisotopic (exact) mass is 240 g/mol. The topological polar surface area (TPSA) is 25.4 Å². The fourth-order valence-corrected chi connectivity index (χ4v) is 2.26. The van der Waals surface area contributed by atoms with Crippen LogP contribution in [0.1, 0.15) is 6.42 Å². The first-order chi connectivity index (χ1) is 8.92. The zero-order valence-corrected chi connectivity index (χ0v) is 10.2. The van der Waals surface area contributed by atoms with Crippen LogP contribution in [0.4, 0.5) is 5.82 Å². The molecule has 1 aliphatic rings. The summed E-state index contributed by atoms with van der Waals surface area (Å²) in [7, 11) is 0. The van der Waals surface area contributed by atoms with Gasteiger partial charge >= 0.3 is 0 Å². The van der Waals surface area contributed by atoms with E-state index < -0.39 is 0 Å². The van der Waals surface area contributed by atoms with Crippen molar-refractivity contribution in [2.24, 2.45) is 0 Å². The average Bonchev–Trinajstić information content (AvgIpc) is 2.89. The number of hydrogen-bond donors (Lipinski definition) is 0. The van der Waals surface area contributed by atoms with Gasteiger partial charge in [-0.25, -0.2) is 4.98 Å². The van der Waals surface area contributed by atoms with E-state index in [0.717, 1.165) is 31.1 Å². The lowest BCUT2D eigenvalue weighted by Gasteiger charge is -2.17. The summed E-state index contributed by atoms with van der Waals surface area (Å²) in [4.78, 5) is 6.64. The highest BCUT2D eigenvalue weighted by molar-refractivity contribution is 5.39. The molecule has 1 saturated heterocycles. The Bertz CT molecular complexity index is 486. The lowest BCUT2D eigenvalue weighted by atomic mass is 10.3. The van der Waals surface area contributed by atoms with E-state index in [1.807, 2.05) is 54.7 Å². The Morgan fingerprint density at radius 1 is 1.06 bits per heavy atom. The molecule has 0 N–H and O–H groups in total. The van der Waals surface area contributed by atoms with Gasteiger partial charge in [0.25, 0.3) is 0 Å². The standard InChI is InChI=1S/C15H16N2O/c1-2-6-13(7-3-1)18-14-9-11-17(12-14)15-8-4-5-10-16-15/h1-8,10,14H,9,11-12H2. The summed E-state index contributed by atoms with van der Waals surface area (Å²) in [6.45, 7) is 1.92. The van der Waals surface area contributed by atoms with Crippen LogP contribution in [0.3, 0.4) is 0 Å². The van der Waals surface area contributed by atoms with Crippen LogP contribution in [-0.2, 0) is 0 Å². The van der Waals surface area contributed by atoms with Crippen molar-refractivity contribution in [3.63, 3.8) is 0 Å². The van der Waals surface area contributed by atoms with Crippen molar-refractivity contribution in [2.45, 2.75) is 12.5 Å². The Morgan fingerprint density at radius 3 is 2.67 bits per heavy atom. The average molecular weight is 240 g/mol. The van der Waals surface area contributed by atoms with Crippen molar-refractivity contribution in [1.82, 2.24) is 4.98 Å². The van der Waals surface area contributed by atoms with Gasteiger partial charge in [-0.1, -0.05) is 24.3 Å². The largest absolute Gasteiger partial charge is 0.489 e. The third kappa shape index (κ3) is 2.45. The number of aromatic nitrogens is 1. The predicted molar refractivity (Wildman–Crippen MR) is 71.9 cm³/mol. The molecule has 0 bridgehead atoms. The van der Waals surface area contributed by atoms with Crippen LogP contribution in [0.25, 0.3) is 0 Å². The molecule has 3 heteroatoms. The molecule has 0 saturated carbocycles. The molecule has 0 aliphatic carbocycles. The van der Waals surface area contributed by atoms with Crippen molar-refractivity contribution in [2.75, 3.05) is 18.0 Å². The Kier molecular flexibility index (Phi) is 3.13. The predicted octanol–water partition coefficient (Wildman–Crippen LogP) is 2.74. The van der Waals surface area contributed by atoms with E-state index in [-0.39, 0.29) is 6.10 Å². The highest BCUT2D eigenvalue weighted by atomic mass is 16.5. The van der Waals surface area contributed by atoms with Gasteiger partial charge in [0, 0.05) is 19.2 Å². The number of benzene rings is 1. The highest BCUT2D eigenvalue weighted by Crippen LogP contribution is 2.21. The maximum atomic E-state index is 5.96. The molecule has 2 heterocycles. The normalized spacial score (nSPS) is 18.9. The minimum absolute atomic E-state index is 0.259. The van der Waals surface area contributed by atoms with Crippen molar-refractivity contribution in [1.29, 1.82) is 0 Å². The summed E-state index contributed by atoms with van der Waals surface area (Å²) in [6.07, 6.45) is 3.14. The lowest BCUT2D eigenvalue weighted by molar-refractivity contribution is 0.225. The van der Waals surface area contributed by atoms with Gasteiger partial charge in [0.05, 0.1) is 6.54 Å². The number of rotatable bonds is 3. The fourth-order valence-electron chi connectivity index (χ4n) is 2.26. The summed E-state index contributed by atoms with van der Waals surface area (Å²) in [5.41, 5.74) is 0. The minimum Gasteiger partial charge on any atom is -0.489 e. The third-order valence-electron chi connectivity index (χ3n) is 3.16. The van der Waals surface area contributed by atoms with Crippen LogP contribution < -0.4 is 9.64 Å². The van der Waals surface area contributed by atoms with Gasteiger partial charge in [-0.2, -0.15) is 0 Å². The second kappa shape index (κ2) is 5.08. The van der Waals surface area contributed by atoms with Gasteiger partial charge in [-0.05, 0) is 24.3 Å². The number of para-hydroxylation sites is 1. The maximum absolute atomic E-state index is 5.96. The zero-order chi connectivity index (χ0) is 12.2. The molecule has 1 aromatic heterocycles. The fraction of sp³-hybridized carbons (Fsp3) is 0.267. The molecule has 1 fully saturated rings. The summed E-state index contributed by atoms with van der Waals surface area (Å²) in [6, 6.07) is 16.0. The second-order valence-electron chi connectivity index (χ2n) is 4.48. The van der Waals surface area contributed by atoms with Crippen LogP contribution in [-0.4, -0.2) is 24.2 Å². The first-order valence-electron chi connectivity index (χ1n) is 6.29. The molecule has 18 heavy (non-hydrogen) atoms. The zero-order valence-electron chi connectivity index (χ0n) is 10.2. The smallest absolute Gasteiger partial charge is 0.128 e. The van der Waals surface area contributed by atoms with Crippen LogP contribution in [0, 0.1) is 0 Å². The molecular formula is C15H16N2O. The van der Waals surface area contributed by atoms with Crippen LogP contribution in [0.15, 0.2) is 54.7 Å². The van der Waals surface area contributed by atoms with Gasteiger partial charge < -0.3 is 9.64 Å². The molecule has 1 atom stereocenters. The molecule has 2 aromatic rings. The molecule has 92 valence electrons. The molecular weight excluding hydrogens is 224 g/mol. The van der Waals surface area contributed by atoms with Crippen molar-refractivity contribution < 1.29 is 4.74 Å². The number of pyridine rings is 1. The molecule has 3 rings (SSSR count). The van der Waals surface area contributed by atoms with Gasteiger partial charge in [0.2, 0.25) is 0 Å². The van der Waals surface area contributed by atoms with E-state index >= 15 is 0 Å².